The van der Waals surface area contributed by atoms with Gasteiger partial charge >= 0.3 is 0 Å². The molecule has 0 aliphatic heterocycles. The Morgan fingerprint density at radius 1 is 1.24 bits per heavy atom. The largest absolute Gasteiger partial charge is 0.437 e. The molecular weight excluding hydrogens is 350 g/mol. The monoisotopic (exact) mass is 363 g/mol. The molecule has 0 aliphatic rings. The summed E-state index contributed by atoms with van der Waals surface area (Å²) in [6.45, 7) is 2.94. The number of hydrogen-bond donors (Lipinski definition) is 1. The number of aromatic nitrogens is 2. The zero-order valence-corrected chi connectivity index (χ0v) is 13.9. The molecule has 0 fully saturated rings. The van der Waals surface area contributed by atoms with Crippen LogP contribution in [-0.2, 0) is 0 Å². The summed E-state index contributed by atoms with van der Waals surface area (Å²) in [5, 5.41) is 6.13. The van der Waals surface area contributed by atoms with Crippen molar-refractivity contribution in [2.75, 3.05) is 11.9 Å². The Morgan fingerprint density at radius 3 is 2.90 bits per heavy atom. The van der Waals surface area contributed by atoms with Crippen molar-refractivity contribution < 1.29 is 4.74 Å². The highest BCUT2D eigenvalue weighted by molar-refractivity contribution is 9.10. The number of rotatable bonds is 5. The second kappa shape index (κ2) is 6.41. The molecule has 0 bridgehead atoms. The molecule has 6 heteroatoms. The van der Waals surface area contributed by atoms with Gasteiger partial charge in [0.15, 0.2) is 0 Å². The zero-order valence-electron chi connectivity index (χ0n) is 11.5. The lowest BCUT2D eigenvalue weighted by atomic mass is 10.3. The molecule has 0 spiro atoms. The molecule has 3 rings (SSSR count). The van der Waals surface area contributed by atoms with Crippen molar-refractivity contribution in [3.05, 3.63) is 40.2 Å². The summed E-state index contributed by atoms with van der Waals surface area (Å²) >= 11 is 5.07. The molecule has 4 nitrogen and oxygen atoms in total. The SMILES string of the molecule is CCCNc1nc(Oc2ccccc2Br)c2ccsc2n1. The molecule has 1 aromatic carbocycles. The van der Waals surface area contributed by atoms with Gasteiger partial charge in [-0.25, -0.2) is 4.98 Å². The molecular formula is C15H14BrN3OS. The van der Waals surface area contributed by atoms with E-state index in [1.165, 1.54) is 0 Å². The van der Waals surface area contributed by atoms with Gasteiger partial charge in [0.2, 0.25) is 11.8 Å². The van der Waals surface area contributed by atoms with Crippen LogP contribution in [0.3, 0.4) is 0 Å². The maximum absolute atomic E-state index is 5.97. The van der Waals surface area contributed by atoms with Gasteiger partial charge in [0.1, 0.15) is 10.6 Å². The highest BCUT2D eigenvalue weighted by Gasteiger charge is 2.12. The molecule has 0 saturated heterocycles. The van der Waals surface area contributed by atoms with Crippen molar-refractivity contribution >= 4 is 43.4 Å². The van der Waals surface area contributed by atoms with Gasteiger partial charge in [0, 0.05) is 6.54 Å². The molecule has 0 unspecified atom stereocenters. The molecule has 0 saturated carbocycles. The van der Waals surface area contributed by atoms with Crippen LogP contribution in [0.15, 0.2) is 40.2 Å². The molecule has 1 N–H and O–H groups in total. The van der Waals surface area contributed by atoms with E-state index in [2.05, 4.69) is 38.1 Å². The van der Waals surface area contributed by atoms with Crippen molar-refractivity contribution in [1.29, 1.82) is 0 Å². The van der Waals surface area contributed by atoms with Crippen molar-refractivity contribution in [3.8, 4) is 11.6 Å². The first-order valence-corrected chi connectivity index (χ1v) is 8.36. The van der Waals surface area contributed by atoms with Gasteiger partial charge in [0.05, 0.1) is 9.86 Å². The highest BCUT2D eigenvalue weighted by atomic mass is 79.9. The molecule has 3 aromatic rings. The standard InChI is InChI=1S/C15H14BrN3OS/c1-2-8-17-15-18-13(10-7-9-21-14(10)19-15)20-12-6-4-3-5-11(12)16/h3-7,9H,2,8H2,1H3,(H,17,18,19). The van der Waals surface area contributed by atoms with Gasteiger partial charge in [-0.05, 0) is 45.9 Å². The lowest BCUT2D eigenvalue weighted by Gasteiger charge is -2.09. The average molecular weight is 364 g/mol. The van der Waals surface area contributed by atoms with E-state index in [-0.39, 0.29) is 0 Å². The van der Waals surface area contributed by atoms with Crippen LogP contribution < -0.4 is 10.1 Å². The Labute approximate surface area is 135 Å². The molecule has 2 heterocycles. The molecule has 2 aromatic heterocycles. The van der Waals surface area contributed by atoms with Crippen LogP contribution in [0.25, 0.3) is 10.2 Å². The predicted octanol–water partition coefficient (Wildman–Crippen LogP) is 5.07. The van der Waals surface area contributed by atoms with Crippen LogP contribution >= 0.6 is 27.3 Å². The number of ether oxygens (including phenoxy) is 1. The topological polar surface area (TPSA) is 47.0 Å². The quantitative estimate of drug-likeness (QED) is 0.687. The van der Waals surface area contributed by atoms with Gasteiger partial charge in [-0.1, -0.05) is 19.1 Å². The molecule has 0 radical (unpaired) electrons. The van der Waals surface area contributed by atoms with E-state index < -0.39 is 0 Å². The summed E-state index contributed by atoms with van der Waals surface area (Å²) in [4.78, 5) is 9.91. The summed E-state index contributed by atoms with van der Waals surface area (Å²) < 4.78 is 6.87. The number of para-hydroxylation sites is 1. The first-order valence-electron chi connectivity index (χ1n) is 6.69. The molecule has 0 amide bonds. The van der Waals surface area contributed by atoms with Gasteiger partial charge in [-0.3, -0.25) is 0 Å². The van der Waals surface area contributed by atoms with Crippen molar-refractivity contribution in [2.24, 2.45) is 0 Å². The molecule has 0 atom stereocenters. The number of anilines is 1. The number of nitrogens with zero attached hydrogens (tertiary/aromatic N) is 2. The second-order valence-electron chi connectivity index (χ2n) is 4.45. The number of fused-ring (bicyclic) bond motifs is 1. The average Bonchev–Trinajstić information content (AvgIpc) is 2.96. The van der Waals surface area contributed by atoms with Crippen LogP contribution in [0, 0.1) is 0 Å². The summed E-state index contributed by atoms with van der Waals surface area (Å²) in [7, 11) is 0. The Morgan fingerprint density at radius 2 is 2.10 bits per heavy atom. The lowest BCUT2D eigenvalue weighted by molar-refractivity contribution is 0.466. The Bertz CT molecular complexity index is 760. The van der Waals surface area contributed by atoms with Gasteiger partial charge in [0.25, 0.3) is 0 Å². The number of hydrogen-bond acceptors (Lipinski definition) is 5. The summed E-state index contributed by atoms with van der Waals surface area (Å²) in [6.07, 6.45) is 1.02. The van der Waals surface area contributed by atoms with Crippen molar-refractivity contribution in [2.45, 2.75) is 13.3 Å². The van der Waals surface area contributed by atoms with Gasteiger partial charge in [-0.2, -0.15) is 4.98 Å². The Hall–Kier alpha value is -1.66. The summed E-state index contributed by atoms with van der Waals surface area (Å²) in [5.41, 5.74) is 0. The fraction of sp³-hybridized carbons (Fsp3) is 0.200. The maximum Gasteiger partial charge on any atom is 0.232 e. The second-order valence-corrected chi connectivity index (χ2v) is 6.20. The summed E-state index contributed by atoms with van der Waals surface area (Å²) in [6, 6.07) is 9.71. The number of thiophene rings is 1. The molecule has 108 valence electrons. The molecule has 21 heavy (non-hydrogen) atoms. The van der Waals surface area contributed by atoms with E-state index in [4.69, 9.17) is 4.74 Å². The minimum atomic E-state index is 0.576. The van der Waals surface area contributed by atoms with E-state index in [9.17, 15) is 0 Å². The van der Waals surface area contributed by atoms with Crippen LogP contribution in [0.4, 0.5) is 5.95 Å². The first-order chi connectivity index (χ1) is 10.3. The fourth-order valence-corrected chi connectivity index (χ4v) is 2.97. The maximum atomic E-state index is 5.97. The Kier molecular flexibility index (Phi) is 4.36. The van der Waals surface area contributed by atoms with E-state index in [0.717, 1.165) is 33.4 Å². The smallest absolute Gasteiger partial charge is 0.232 e. The third-order valence-corrected chi connectivity index (χ3v) is 4.33. The van der Waals surface area contributed by atoms with Crippen LogP contribution in [0.5, 0.6) is 11.6 Å². The number of halogens is 1. The zero-order chi connectivity index (χ0) is 14.7. The third kappa shape index (κ3) is 3.16. The van der Waals surface area contributed by atoms with Crippen LogP contribution in [0.1, 0.15) is 13.3 Å². The Balaban J connectivity index is 2.00. The van der Waals surface area contributed by atoms with Crippen LogP contribution in [0.2, 0.25) is 0 Å². The van der Waals surface area contributed by atoms with Crippen molar-refractivity contribution in [1.82, 2.24) is 9.97 Å². The van der Waals surface area contributed by atoms with Crippen LogP contribution in [-0.4, -0.2) is 16.5 Å². The van der Waals surface area contributed by atoms with Gasteiger partial charge in [-0.15, -0.1) is 11.3 Å². The van der Waals surface area contributed by atoms with Gasteiger partial charge < -0.3 is 10.1 Å². The normalized spacial score (nSPS) is 10.8. The number of nitrogens with one attached hydrogen (secondary N) is 1. The van der Waals surface area contributed by atoms with E-state index in [0.29, 0.717) is 11.8 Å². The first kappa shape index (κ1) is 14.3. The minimum absolute atomic E-state index is 0.576. The lowest BCUT2D eigenvalue weighted by Crippen LogP contribution is -2.04. The van der Waals surface area contributed by atoms with Crippen molar-refractivity contribution in [3.63, 3.8) is 0 Å². The third-order valence-electron chi connectivity index (χ3n) is 2.87. The highest BCUT2D eigenvalue weighted by Crippen LogP contribution is 2.34. The van der Waals surface area contributed by atoms with E-state index >= 15 is 0 Å². The minimum Gasteiger partial charge on any atom is -0.437 e. The number of benzene rings is 1. The fourth-order valence-electron chi connectivity index (χ4n) is 1.85. The predicted molar refractivity (Wildman–Crippen MR) is 90.4 cm³/mol. The van der Waals surface area contributed by atoms with E-state index in [1.807, 2.05) is 35.7 Å². The molecule has 0 aliphatic carbocycles. The summed E-state index contributed by atoms with van der Waals surface area (Å²) in [5.74, 6) is 1.92. The van der Waals surface area contributed by atoms with E-state index in [1.54, 1.807) is 11.3 Å².